The van der Waals surface area contributed by atoms with Gasteiger partial charge in [-0.25, -0.2) is 0 Å². The zero-order valence-corrected chi connectivity index (χ0v) is 12.3. The predicted molar refractivity (Wildman–Crippen MR) is 83.6 cm³/mol. The maximum Gasteiger partial charge on any atom is 0.269 e. The Balaban J connectivity index is 1.75. The number of nitrogens with zero attached hydrogens (tertiary/aromatic N) is 1. The van der Waals surface area contributed by atoms with Gasteiger partial charge in [0.05, 0.1) is 10.3 Å². The number of hydrogen-bond donors (Lipinski definition) is 0. The molecule has 0 aromatic heterocycles. The lowest BCUT2D eigenvalue weighted by Crippen LogP contribution is -2.19. The minimum Gasteiger partial charge on any atom is -0.258 e. The molecule has 3 nitrogen and oxygen atoms in total. The Morgan fingerprint density at radius 2 is 1.86 bits per heavy atom. The van der Waals surface area contributed by atoms with Gasteiger partial charge in [0.25, 0.3) is 5.69 Å². The van der Waals surface area contributed by atoms with Gasteiger partial charge < -0.3 is 0 Å². The first-order chi connectivity index (χ1) is 10.1. The van der Waals surface area contributed by atoms with E-state index in [9.17, 15) is 10.1 Å². The maximum atomic E-state index is 10.7. The molecular formula is C17H16ClNO2. The third-order valence-electron chi connectivity index (χ3n) is 4.20. The first-order valence-electron chi connectivity index (χ1n) is 7.10. The Hall–Kier alpha value is -1.87. The van der Waals surface area contributed by atoms with E-state index in [-0.39, 0.29) is 16.0 Å². The van der Waals surface area contributed by atoms with Crippen LogP contribution in [-0.4, -0.2) is 4.92 Å². The fourth-order valence-corrected chi connectivity index (χ4v) is 3.46. The molecule has 0 saturated carbocycles. The molecule has 0 amide bonds. The first kappa shape index (κ1) is 14.1. The van der Waals surface area contributed by atoms with E-state index in [1.807, 2.05) is 18.2 Å². The molecule has 2 aromatic rings. The van der Waals surface area contributed by atoms with Gasteiger partial charge in [0.2, 0.25) is 0 Å². The molecule has 21 heavy (non-hydrogen) atoms. The second-order valence-electron chi connectivity index (χ2n) is 5.53. The lowest BCUT2D eigenvalue weighted by atomic mass is 9.80. The minimum atomic E-state index is -0.370. The van der Waals surface area contributed by atoms with Crippen LogP contribution in [-0.2, 0) is 12.8 Å². The maximum absolute atomic E-state index is 10.7. The third-order valence-corrected chi connectivity index (χ3v) is 4.79. The Bertz CT molecular complexity index is 654. The van der Waals surface area contributed by atoms with Crippen molar-refractivity contribution in [2.75, 3.05) is 0 Å². The van der Waals surface area contributed by atoms with Crippen LogP contribution in [0.15, 0.2) is 48.5 Å². The van der Waals surface area contributed by atoms with Crippen molar-refractivity contribution < 1.29 is 4.92 Å². The van der Waals surface area contributed by atoms with Crippen LogP contribution in [0.4, 0.5) is 5.69 Å². The molecule has 0 heterocycles. The Morgan fingerprint density at radius 1 is 1.14 bits per heavy atom. The van der Waals surface area contributed by atoms with Crippen molar-refractivity contribution in [3.05, 3.63) is 75.3 Å². The van der Waals surface area contributed by atoms with Crippen molar-refractivity contribution in [1.82, 2.24) is 0 Å². The van der Waals surface area contributed by atoms with Crippen molar-refractivity contribution in [3.8, 4) is 0 Å². The van der Waals surface area contributed by atoms with E-state index in [0.717, 1.165) is 24.8 Å². The second-order valence-corrected chi connectivity index (χ2v) is 6.00. The number of benzene rings is 2. The smallest absolute Gasteiger partial charge is 0.258 e. The summed E-state index contributed by atoms with van der Waals surface area (Å²) in [4.78, 5) is 10.3. The number of halogens is 1. The minimum absolute atomic E-state index is 0.0186. The van der Waals surface area contributed by atoms with Gasteiger partial charge >= 0.3 is 0 Å². The van der Waals surface area contributed by atoms with E-state index in [0.29, 0.717) is 5.92 Å². The normalized spacial score (nSPS) is 20.8. The molecule has 0 radical (unpaired) electrons. The van der Waals surface area contributed by atoms with E-state index in [1.165, 1.54) is 11.1 Å². The summed E-state index contributed by atoms with van der Waals surface area (Å²) in [5.41, 5.74) is 3.82. The van der Waals surface area contributed by atoms with Gasteiger partial charge in [-0.05, 0) is 41.9 Å². The summed E-state index contributed by atoms with van der Waals surface area (Å²) in [6.45, 7) is 0. The first-order valence-corrected chi connectivity index (χ1v) is 7.54. The Labute approximate surface area is 128 Å². The number of nitro groups is 1. The van der Waals surface area contributed by atoms with Crippen molar-refractivity contribution in [2.45, 2.75) is 24.6 Å². The quantitative estimate of drug-likeness (QED) is 0.469. The van der Waals surface area contributed by atoms with Crippen LogP contribution in [0.25, 0.3) is 0 Å². The van der Waals surface area contributed by atoms with Gasteiger partial charge in [0.1, 0.15) is 0 Å². The summed E-state index contributed by atoms with van der Waals surface area (Å²) in [6.07, 6.45) is 2.97. The fourth-order valence-electron chi connectivity index (χ4n) is 3.03. The molecular weight excluding hydrogens is 286 g/mol. The SMILES string of the molecule is O=[N+]([O-])c1ccc(CC2CCc3ccccc3C2Cl)cc1. The molecule has 0 fully saturated rings. The van der Waals surface area contributed by atoms with Crippen molar-refractivity contribution in [2.24, 2.45) is 5.92 Å². The highest BCUT2D eigenvalue weighted by Gasteiger charge is 2.27. The largest absolute Gasteiger partial charge is 0.269 e. The van der Waals surface area contributed by atoms with Crippen LogP contribution in [0.1, 0.15) is 28.5 Å². The van der Waals surface area contributed by atoms with Gasteiger partial charge in [-0.2, -0.15) is 0 Å². The van der Waals surface area contributed by atoms with Crippen molar-refractivity contribution >= 4 is 17.3 Å². The van der Waals surface area contributed by atoms with Crippen molar-refractivity contribution in [1.29, 1.82) is 0 Å². The van der Waals surface area contributed by atoms with Gasteiger partial charge in [-0.15, -0.1) is 11.6 Å². The monoisotopic (exact) mass is 301 g/mol. The van der Waals surface area contributed by atoms with Crippen LogP contribution in [0.2, 0.25) is 0 Å². The molecule has 0 aliphatic heterocycles. The summed E-state index contributed by atoms with van der Waals surface area (Å²) in [5.74, 6) is 0.378. The summed E-state index contributed by atoms with van der Waals surface area (Å²) < 4.78 is 0. The van der Waals surface area contributed by atoms with Crippen LogP contribution in [0.3, 0.4) is 0 Å². The lowest BCUT2D eigenvalue weighted by molar-refractivity contribution is -0.384. The fraction of sp³-hybridized carbons (Fsp3) is 0.294. The number of aryl methyl sites for hydroxylation is 1. The molecule has 0 N–H and O–H groups in total. The van der Waals surface area contributed by atoms with E-state index in [2.05, 4.69) is 18.2 Å². The number of alkyl halides is 1. The zero-order chi connectivity index (χ0) is 14.8. The second kappa shape index (κ2) is 5.86. The predicted octanol–water partition coefficient (Wildman–Crippen LogP) is 4.68. The molecule has 108 valence electrons. The summed E-state index contributed by atoms with van der Waals surface area (Å²) in [6, 6.07) is 15.1. The molecule has 2 aromatic carbocycles. The molecule has 0 saturated heterocycles. The van der Waals surface area contributed by atoms with E-state index >= 15 is 0 Å². The molecule has 2 atom stereocenters. The van der Waals surface area contributed by atoms with Crippen LogP contribution in [0, 0.1) is 16.0 Å². The highest BCUT2D eigenvalue weighted by atomic mass is 35.5. The van der Waals surface area contributed by atoms with Crippen molar-refractivity contribution in [3.63, 3.8) is 0 Å². The van der Waals surface area contributed by atoms with Crippen LogP contribution < -0.4 is 0 Å². The van der Waals surface area contributed by atoms with E-state index < -0.39 is 0 Å². The summed E-state index contributed by atoms with van der Waals surface area (Å²) in [5, 5.41) is 10.7. The van der Waals surface area contributed by atoms with Crippen LogP contribution in [0.5, 0.6) is 0 Å². The average Bonchev–Trinajstić information content (AvgIpc) is 2.51. The van der Waals surface area contributed by atoms with Gasteiger partial charge in [0, 0.05) is 12.1 Å². The molecule has 1 aliphatic rings. The molecule has 3 rings (SSSR count). The number of rotatable bonds is 3. The van der Waals surface area contributed by atoms with Gasteiger partial charge in [-0.1, -0.05) is 36.4 Å². The van der Waals surface area contributed by atoms with Gasteiger partial charge in [-0.3, -0.25) is 10.1 Å². The standard InChI is InChI=1S/C17H16ClNO2/c18-17-14(8-7-13-3-1-2-4-16(13)17)11-12-5-9-15(10-6-12)19(20)21/h1-6,9-10,14,17H,7-8,11H2. The molecule has 4 heteroatoms. The molecule has 0 bridgehead atoms. The van der Waals surface area contributed by atoms with E-state index in [4.69, 9.17) is 11.6 Å². The molecule has 1 aliphatic carbocycles. The number of nitro benzene ring substituents is 1. The molecule has 2 unspecified atom stereocenters. The number of fused-ring (bicyclic) bond motifs is 1. The number of non-ortho nitro benzene ring substituents is 1. The Kier molecular flexibility index (Phi) is 3.93. The zero-order valence-electron chi connectivity index (χ0n) is 11.5. The molecule has 0 spiro atoms. The number of hydrogen-bond acceptors (Lipinski definition) is 2. The Morgan fingerprint density at radius 3 is 2.57 bits per heavy atom. The average molecular weight is 302 g/mol. The summed E-state index contributed by atoms with van der Waals surface area (Å²) >= 11 is 6.64. The lowest BCUT2D eigenvalue weighted by Gasteiger charge is -2.29. The van der Waals surface area contributed by atoms with E-state index in [1.54, 1.807) is 12.1 Å². The summed E-state index contributed by atoms with van der Waals surface area (Å²) in [7, 11) is 0. The topological polar surface area (TPSA) is 43.1 Å². The highest BCUT2D eigenvalue weighted by Crippen LogP contribution is 2.40. The van der Waals surface area contributed by atoms with Gasteiger partial charge in [0.15, 0.2) is 0 Å². The third kappa shape index (κ3) is 2.93. The highest BCUT2D eigenvalue weighted by molar-refractivity contribution is 6.21. The van der Waals surface area contributed by atoms with Crippen LogP contribution >= 0.6 is 11.6 Å².